The van der Waals surface area contributed by atoms with Gasteiger partial charge in [0.25, 0.3) is 0 Å². The fraction of sp³-hybridized carbons (Fsp3) is 0.286. The number of pyridine rings is 1. The van der Waals surface area contributed by atoms with Crippen LogP contribution in [0.25, 0.3) is 5.57 Å². The first kappa shape index (κ1) is 24.3. The Bertz CT molecular complexity index is 1260. The maximum Gasteiger partial charge on any atom is 0.312 e. The standard InChI is InChI=1S/C28H29ClN4O3/c29-21-10-8-20(9-11-21)28(35)12-16-33(17-13-28)15-3-4-19-18-23-24(32-27(30)34)6-1-7-25(23)36-26-22(19)5-2-14-31-26/h1-2,4-11,14,18,24,35H,3,12-13,15-17H2,(H3,30,32,34). The molecule has 186 valence electrons. The number of hydrogen-bond acceptors (Lipinski definition) is 5. The Kier molecular flexibility index (Phi) is 6.96. The van der Waals surface area contributed by atoms with Crippen molar-refractivity contribution in [2.45, 2.75) is 30.9 Å². The number of ether oxygens (including phenoxy) is 1. The van der Waals surface area contributed by atoms with Gasteiger partial charge in [-0.2, -0.15) is 0 Å². The van der Waals surface area contributed by atoms with Crippen LogP contribution in [0.2, 0.25) is 5.02 Å². The number of aromatic nitrogens is 1. The number of halogens is 1. The van der Waals surface area contributed by atoms with Crippen molar-refractivity contribution in [2.24, 2.45) is 5.73 Å². The zero-order chi connectivity index (χ0) is 25.1. The van der Waals surface area contributed by atoms with Crippen molar-refractivity contribution in [3.63, 3.8) is 0 Å². The fourth-order valence-electron chi connectivity index (χ4n) is 4.95. The zero-order valence-electron chi connectivity index (χ0n) is 19.9. The van der Waals surface area contributed by atoms with Gasteiger partial charge in [-0.3, -0.25) is 0 Å². The highest BCUT2D eigenvalue weighted by Crippen LogP contribution is 2.36. The number of amides is 2. The molecule has 8 heteroatoms. The Hall–Kier alpha value is -3.39. The van der Waals surface area contributed by atoms with Crippen molar-refractivity contribution in [1.82, 2.24) is 15.2 Å². The third-order valence-electron chi connectivity index (χ3n) is 6.94. The Morgan fingerprint density at radius 2 is 2.06 bits per heavy atom. The lowest BCUT2D eigenvalue weighted by Gasteiger charge is -2.38. The summed E-state index contributed by atoms with van der Waals surface area (Å²) >= 11 is 6.01. The first-order valence-electron chi connectivity index (χ1n) is 12.1. The van der Waals surface area contributed by atoms with E-state index in [1.165, 1.54) is 0 Å². The van der Waals surface area contributed by atoms with Crippen LogP contribution in [0, 0.1) is 0 Å². The van der Waals surface area contributed by atoms with Crippen LogP contribution in [-0.4, -0.2) is 46.7 Å². The number of carbonyl (C=O) groups excluding carboxylic acids is 1. The molecule has 1 atom stereocenters. The Labute approximate surface area is 215 Å². The number of allylic oxidation sites excluding steroid dienone is 4. The third kappa shape index (κ3) is 5.23. The molecule has 3 heterocycles. The van der Waals surface area contributed by atoms with E-state index in [1.54, 1.807) is 6.20 Å². The molecule has 1 fully saturated rings. The van der Waals surface area contributed by atoms with Gasteiger partial charge in [0.15, 0.2) is 0 Å². The van der Waals surface area contributed by atoms with Crippen molar-refractivity contribution in [2.75, 3.05) is 19.6 Å². The predicted molar refractivity (Wildman–Crippen MR) is 140 cm³/mol. The number of aliphatic hydroxyl groups is 1. The van der Waals surface area contributed by atoms with Gasteiger partial charge in [-0.25, -0.2) is 9.78 Å². The second-order valence-corrected chi connectivity index (χ2v) is 9.72. The topological polar surface area (TPSA) is 101 Å². The van der Waals surface area contributed by atoms with Crippen molar-refractivity contribution < 1.29 is 14.6 Å². The molecule has 0 radical (unpaired) electrons. The predicted octanol–water partition coefficient (Wildman–Crippen LogP) is 4.30. The second kappa shape index (κ2) is 10.3. The summed E-state index contributed by atoms with van der Waals surface area (Å²) in [6, 6.07) is 10.4. The number of urea groups is 1. The minimum atomic E-state index is -0.813. The zero-order valence-corrected chi connectivity index (χ0v) is 20.6. The summed E-state index contributed by atoms with van der Waals surface area (Å²) in [5, 5.41) is 14.6. The average molecular weight is 505 g/mol. The summed E-state index contributed by atoms with van der Waals surface area (Å²) in [4.78, 5) is 18.4. The van der Waals surface area contributed by atoms with Crippen molar-refractivity contribution in [3.05, 3.63) is 100 Å². The SMILES string of the molecule is NC(=O)NC1C=CC=C2Oc3ncccc3C(=CCCN3CCC(O)(c4ccc(Cl)cc4)CC3)C=C21. The van der Waals surface area contributed by atoms with Crippen LogP contribution in [-0.2, 0) is 5.60 Å². The molecule has 5 rings (SSSR count). The summed E-state index contributed by atoms with van der Waals surface area (Å²) in [5.41, 5.74) is 8.22. The molecular formula is C28H29ClN4O3. The largest absolute Gasteiger partial charge is 0.438 e. The summed E-state index contributed by atoms with van der Waals surface area (Å²) in [5.74, 6) is 1.16. The van der Waals surface area contributed by atoms with Crippen LogP contribution in [0.15, 0.2) is 84.3 Å². The van der Waals surface area contributed by atoms with Gasteiger partial charge in [0.05, 0.1) is 11.6 Å². The molecular weight excluding hydrogens is 476 g/mol. The number of nitrogens with one attached hydrogen (secondary N) is 1. The molecule has 1 aliphatic carbocycles. The van der Waals surface area contributed by atoms with Gasteiger partial charge < -0.3 is 25.8 Å². The van der Waals surface area contributed by atoms with Crippen molar-refractivity contribution >= 4 is 23.2 Å². The molecule has 0 spiro atoms. The van der Waals surface area contributed by atoms with E-state index >= 15 is 0 Å². The van der Waals surface area contributed by atoms with Crippen LogP contribution in [0.4, 0.5) is 4.79 Å². The number of hydrogen-bond donors (Lipinski definition) is 3. The van der Waals surface area contributed by atoms with Gasteiger partial charge in [-0.15, -0.1) is 0 Å². The number of carbonyl (C=O) groups is 1. The van der Waals surface area contributed by atoms with E-state index < -0.39 is 11.6 Å². The van der Waals surface area contributed by atoms with Crippen molar-refractivity contribution in [1.29, 1.82) is 0 Å². The lowest BCUT2D eigenvalue weighted by Crippen LogP contribution is -2.42. The third-order valence-corrected chi connectivity index (χ3v) is 7.19. The molecule has 1 saturated heterocycles. The van der Waals surface area contributed by atoms with Crippen LogP contribution in [0.5, 0.6) is 5.88 Å². The highest BCUT2D eigenvalue weighted by atomic mass is 35.5. The molecule has 2 aliphatic heterocycles. The maximum absolute atomic E-state index is 11.6. The van der Waals surface area contributed by atoms with Gasteiger partial charge in [-0.05, 0) is 66.8 Å². The Morgan fingerprint density at radius 1 is 1.28 bits per heavy atom. The lowest BCUT2D eigenvalue weighted by molar-refractivity contribution is -0.0254. The normalized spacial score (nSPS) is 21.9. The second-order valence-electron chi connectivity index (χ2n) is 9.29. The summed E-state index contributed by atoms with van der Waals surface area (Å²) in [7, 11) is 0. The number of nitrogens with two attached hydrogens (primary N) is 1. The smallest absolute Gasteiger partial charge is 0.312 e. The molecule has 7 nitrogen and oxygen atoms in total. The Balaban J connectivity index is 1.30. The molecule has 1 aromatic carbocycles. The number of piperidine rings is 1. The molecule has 0 saturated carbocycles. The van der Waals surface area contributed by atoms with E-state index in [-0.39, 0.29) is 6.04 Å². The molecule has 4 N–H and O–H groups in total. The summed E-state index contributed by atoms with van der Waals surface area (Å²) in [6.07, 6.45) is 13.7. The van der Waals surface area contributed by atoms with Gasteiger partial charge in [0.2, 0.25) is 5.88 Å². The van der Waals surface area contributed by atoms with E-state index in [9.17, 15) is 9.90 Å². The fourth-order valence-corrected chi connectivity index (χ4v) is 5.07. The molecule has 3 aliphatic rings. The number of nitrogens with zero attached hydrogens (tertiary/aromatic N) is 2. The summed E-state index contributed by atoms with van der Waals surface area (Å²) in [6.45, 7) is 2.49. The minimum Gasteiger partial charge on any atom is -0.438 e. The maximum atomic E-state index is 11.6. The number of likely N-dealkylation sites (tertiary alicyclic amines) is 1. The van der Waals surface area contributed by atoms with Gasteiger partial charge in [0.1, 0.15) is 5.76 Å². The van der Waals surface area contributed by atoms with Gasteiger partial charge in [-0.1, -0.05) is 42.0 Å². The first-order valence-corrected chi connectivity index (χ1v) is 12.5. The highest BCUT2D eigenvalue weighted by Gasteiger charge is 2.33. The molecule has 2 aromatic rings. The van der Waals surface area contributed by atoms with Crippen LogP contribution in [0.3, 0.4) is 0 Å². The molecule has 36 heavy (non-hydrogen) atoms. The van der Waals surface area contributed by atoms with E-state index in [1.807, 2.05) is 60.7 Å². The van der Waals surface area contributed by atoms with Crippen LogP contribution >= 0.6 is 11.6 Å². The molecule has 0 bridgehead atoms. The number of primary amides is 1. The molecule has 1 aromatic heterocycles. The number of benzene rings is 1. The van der Waals surface area contributed by atoms with E-state index in [2.05, 4.69) is 21.3 Å². The van der Waals surface area contributed by atoms with E-state index in [0.29, 0.717) is 29.5 Å². The lowest BCUT2D eigenvalue weighted by atomic mass is 9.84. The van der Waals surface area contributed by atoms with E-state index in [4.69, 9.17) is 22.1 Å². The average Bonchev–Trinajstić information content (AvgIpc) is 3.03. The van der Waals surface area contributed by atoms with E-state index in [0.717, 1.165) is 48.3 Å². The van der Waals surface area contributed by atoms with Gasteiger partial charge in [0, 0.05) is 42.0 Å². The highest BCUT2D eigenvalue weighted by molar-refractivity contribution is 6.30. The first-order chi connectivity index (χ1) is 17.4. The van der Waals surface area contributed by atoms with Crippen molar-refractivity contribution in [3.8, 4) is 5.88 Å². The number of fused-ring (bicyclic) bond motifs is 2. The minimum absolute atomic E-state index is 0.382. The molecule has 1 unspecified atom stereocenters. The van der Waals surface area contributed by atoms with Gasteiger partial charge >= 0.3 is 6.03 Å². The molecule has 2 amide bonds. The number of rotatable bonds is 5. The quantitative estimate of drug-likeness (QED) is 0.563. The van der Waals surface area contributed by atoms with Crippen LogP contribution < -0.4 is 15.8 Å². The Morgan fingerprint density at radius 3 is 2.81 bits per heavy atom. The van der Waals surface area contributed by atoms with Crippen LogP contribution in [0.1, 0.15) is 30.4 Å². The monoisotopic (exact) mass is 504 g/mol. The summed E-state index contributed by atoms with van der Waals surface area (Å²) < 4.78 is 6.12.